The predicted molar refractivity (Wildman–Crippen MR) is 142 cm³/mol. The van der Waals surface area contributed by atoms with Crippen LogP contribution in [0.5, 0.6) is 23.0 Å². The van der Waals surface area contributed by atoms with Crippen molar-refractivity contribution in [1.29, 1.82) is 0 Å². The number of benzene rings is 2. The zero-order valence-electron chi connectivity index (χ0n) is 21.7. The van der Waals surface area contributed by atoms with Crippen LogP contribution < -0.4 is 10.2 Å². The van der Waals surface area contributed by atoms with E-state index in [-0.39, 0.29) is 57.8 Å². The highest BCUT2D eigenvalue weighted by atomic mass is 16.5. The maximum Gasteiger partial charge on any atom is 0.200 e. The molecule has 0 saturated carbocycles. The Hall–Kier alpha value is -3.67. The highest BCUT2D eigenvalue weighted by Crippen LogP contribution is 2.47. The van der Waals surface area contributed by atoms with E-state index in [2.05, 4.69) is 13.8 Å². The highest BCUT2D eigenvalue weighted by Gasteiger charge is 2.35. The van der Waals surface area contributed by atoms with Gasteiger partial charge in [-0.15, -0.1) is 0 Å². The molecule has 0 spiro atoms. The highest BCUT2D eigenvalue weighted by molar-refractivity contribution is 5.93. The number of rotatable bonds is 6. The summed E-state index contributed by atoms with van der Waals surface area (Å²) < 4.78 is 12.7. The molecule has 0 aliphatic carbocycles. The van der Waals surface area contributed by atoms with Gasteiger partial charge >= 0.3 is 0 Å². The molecule has 6 nitrogen and oxygen atoms in total. The van der Waals surface area contributed by atoms with E-state index in [0.717, 1.165) is 16.7 Å². The second kappa shape index (κ2) is 9.76. The van der Waals surface area contributed by atoms with Gasteiger partial charge in [0, 0.05) is 29.2 Å². The first-order valence-corrected chi connectivity index (χ1v) is 12.3. The van der Waals surface area contributed by atoms with Crippen LogP contribution in [-0.2, 0) is 19.3 Å². The SMILES string of the molecule is CC(C)=CCc1c2c(c3oc(-c4ccc(O)cc4O)c(CC=C(C)C)c(=O)c3c1O)CC(C(C)C)O2. The van der Waals surface area contributed by atoms with Gasteiger partial charge in [-0.05, 0) is 58.6 Å². The normalized spacial score (nSPS) is 14.6. The molecule has 0 fully saturated rings. The molecule has 1 aliphatic rings. The molecular weight excluding hydrogens is 456 g/mol. The Bertz CT molecular complexity index is 1450. The van der Waals surface area contributed by atoms with Crippen LogP contribution in [0, 0.1) is 5.92 Å². The van der Waals surface area contributed by atoms with Crippen molar-refractivity contribution in [3.8, 4) is 34.3 Å². The molecule has 0 radical (unpaired) electrons. The molecule has 2 aromatic carbocycles. The fourth-order valence-corrected chi connectivity index (χ4v) is 4.55. The molecule has 4 rings (SSSR count). The van der Waals surface area contributed by atoms with Crippen molar-refractivity contribution in [3.05, 3.63) is 68.4 Å². The quantitative estimate of drug-likeness (QED) is 0.339. The van der Waals surface area contributed by atoms with Crippen molar-refractivity contribution >= 4 is 11.0 Å². The van der Waals surface area contributed by atoms with Gasteiger partial charge in [0.25, 0.3) is 0 Å². The summed E-state index contributed by atoms with van der Waals surface area (Å²) in [6, 6.07) is 4.18. The third-order valence-corrected chi connectivity index (χ3v) is 6.62. The van der Waals surface area contributed by atoms with E-state index in [1.165, 1.54) is 18.2 Å². The van der Waals surface area contributed by atoms with Crippen LogP contribution in [-0.4, -0.2) is 21.4 Å². The summed E-state index contributed by atoms with van der Waals surface area (Å²) in [7, 11) is 0. The van der Waals surface area contributed by atoms with Gasteiger partial charge in [-0.3, -0.25) is 4.79 Å². The summed E-state index contributed by atoms with van der Waals surface area (Å²) in [5.41, 5.74) is 4.01. The second-order valence-electron chi connectivity index (χ2n) is 10.4. The summed E-state index contributed by atoms with van der Waals surface area (Å²) in [6.45, 7) is 12.0. The fourth-order valence-electron chi connectivity index (χ4n) is 4.55. The molecule has 6 heteroatoms. The van der Waals surface area contributed by atoms with Crippen LogP contribution in [0.3, 0.4) is 0 Å². The first kappa shape index (κ1) is 25.4. The number of aromatic hydroxyl groups is 3. The van der Waals surface area contributed by atoms with E-state index >= 15 is 0 Å². The average molecular weight is 491 g/mol. The third-order valence-electron chi connectivity index (χ3n) is 6.62. The van der Waals surface area contributed by atoms with E-state index in [9.17, 15) is 20.1 Å². The van der Waals surface area contributed by atoms with E-state index in [0.29, 0.717) is 35.3 Å². The zero-order chi connectivity index (χ0) is 26.3. The van der Waals surface area contributed by atoms with Gasteiger partial charge in [0.05, 0.1) is 5.56 Å². The maximum atomic E-state index is 14.0. The lowest BCUT2D eigenvalue weighted by Gasteiger charge is -2.17. The van der Waals surface area contributed by atoms with E-state index in [1.54, 1.807) is 0 Å². The minimum Gasteiger partial charge on any atom is -0.508 e. The van der Waals surface area contributed by atoms with Gasteiger partial charge < -0.3 is 24.5 Å². The Morgan fingerprint density at radius 3 is 2.25 bits per heavy atom. The Morgan fingerprint density at radius 1 is 1.03 bits per heavy atom. The van der Waals surface area contributed by atoms with E-state index < -0.39 is 0 Å². The molecule has 1 aromatic heterocycles. The maximum absolute atomic E-state index is 14.0. The van der Waals surface area contributed by atoms with Crippen LogP contribution in [0.2, 0.25) is 0 Å². The second-order valence-corrected chi connectivity index (χ2v) is 10.4. The lowest BCUT2D eigenvalue weighted by Crippen LogP contribution is -2.20. The van der Waals surface area contributed by atoms with Crippen molar-refractivity contribution in [2.75, 3.05) is 0 Å². The van der Waals surface area contributed by atoms with E-state index in [4.69, 9.17) is 9.15 Å². The van der Waals surface area contributed by atoms with Crippen LogP contribution >= 0.6 is 0 Å². The van der Waals surface area contributed by atoms with Gasteiger partial charge in [-0.1, -0.05) is 37.1 Å². The number of ether oxygens (including phenoxy) is 1. The molecular formula is C30H34O6. The van der Waals surface area contributed by atoms with Gasteiger partial charge in [-0.2, -0.15) is 0 Å². The summed E-state index contributed by atoms with van der Waals surface area (Å²) >= 11 is 0. The Morgan fingerprint density at radius 2 is 1.67 bits per heavy atom. The minimum atomic E-state index is -0.344. The van der Waals surface area contributed by atoms with Crippen molar-refractivity contribution in [2.24, 2.45) is 5.92 Å². The van der Waals surface area contributed by atoms with Crippen LogP contribution in [0.25, 0.3) is 22.3 Å². The fraction of sp³-hybridized carbons (Fsp3) is 0.367. The van der Waals surface area contributed by atoms with Crippen LogP contribution in [0.4, 0.5) is 0 Å². The first-order valence-electron chi connectivity index (χ1n) is 12.3. The first-order chi connectivity index (χ1) is 17.0. The predicted octanol–water partition coefficient (Wildman–Crippen LogP) is 6.55. The molecule has 3 N–H and O–H groups in total. The number of hydrogen-bond donors (Lipinski definition) is 3. The van der Waals surface area contributed by atoms with Crippen molar-refractivity contribution in [1.82, 2.24) is 0 Å². The molecule has 1 atom stereocenters. The minimum absolute atomic E-state index is 0.0964. The van der Waals surface area contributed by atoms with E-state index in [1.807, 2.05) is 39.8 Å². The zero-order valence-corrected chi connectivity index (χ0v) is 21.7. The third kappa shape index (κ3) is 4.60. The largest absolute Gasteiger partial charge is 0.508 e. The summed E-state index contributed by atoms with van der Waals surface area (Å²) in [4.78, 5) is 14.0. The average Bonchev–Trinajstić information content (AvgIpc) is 3.23. The van der Waals surface area contributed by atoms with Crippen LogP contribution in [0.1, 0.15) is 58.2 Å². The Balaban J connectivity index is 2.11. The van der Waals surface area contributed by atoms with Crippen molar-refractivity contribution in [2.45, 2.75) is 66.9 Å². The Kier molecular flexibility index (Phi) is 6.90. The molecule has 190 valence electrons. The monoisotopic (exact) mass is 490 g/mol. The van der Waals surface area contributed by atoms with Gasteiger partial charge in [0.15, 0.2) is 0 Å². The smallest absolute Gasteiger partial charge is 0.200 e. The molecule has 1 unspecified atom stereocenters. The van der Waals surface area contributed by atoms with Gasteiger partial charge in [0.1, 0.15) is 45.8 Å². The van der Waals surface area contributed by atoms with Crippen LogP contribution in [0.15, 0.2) is 50.7 Å². The van der Waals surface area contributed by atoms with Gasteiger partial charge in [-0.25, -0.2) is 0 Å². The summed E-state index contributed by atoms with van der Waals surface area (Å²) in [6.07, 6.45) is 5.04. The molecule has 36 heavy (non-hydrogen) atoms. The lowest BCUT2D eigenvalue weighted by atomic mass is 9.94. The molecule has 0 bridgehead atoms. The number of phenolic OH excluding ortho intramolecular Hbond substituents is 3. The standard InChI is InChI=1S/C30H34O6/c1-15(2)7-10-20-26(33)25-27(34)21(11-8-16(3)4)29-22(14-24(35-29)17(5)6)30(25)36-28(20)19-12-9-18(31)13-23(19)32/h7-9,12-13,17,24,31-32,34H,10-11,14H2,1-6H3. The molecule has 2 heterocycles. The number of allylic oxidation sites excluding steroid dienone is 4. The Labute approximate surface area is 211 Å². The van der Waals surface area contributed by atoms with Crippen molar-refractivity contribution in [3.63, 3.8) is 0 Å². The molecule has 0 saturated heterocycles. The number of fused-ring (bicyclic) bond motifs is 3. The van der Waals surface area contributed by atoms with Gasteiger partial charge in [0.2, 0.25) is 5.43 Å². The summed E-state index contributed by atoms with van der Waals surface area (Å²) in [5, 5.41) is 32.0. The number of hydrogen-bond acceptors (Lipinski definition) is 6. The lowest BCUT2D eigenvalue weighted by molar-refractivity contribution is 0.177. The van der Waals surface area contributed by atoms with Crippen molar-refractivity contribution < 1.29 is 24.5 Å². The molecule has 3 aromatic rings. The number of phenols is 3. The molecule has 0 amide bonds. The topological polar surface area (TPSA) is 100 Å². The summed E-state index contributed by atoms with van der Waals surface area (Å²) in [5.74, 6) is 0.579. The molecule has 1 aliphatic heterocycles.